The first-order valence-electron chi connectivity index (χ1n) is 6.56. The summed E-state index contributed by atoms with van der Waals surface area (Å²) in [6.45, 7) is 6.73. The van der Waals surface area contributed by atoms with Crippen LogP contribution in [0.3, 0.4) is 0 Å². The fourth-order valence-corrected chi connectivity index (χ4v) is 2.37. The molecule has 3 heteroatoms. The first-order chi connectivity index (χ1) is 8.92. The van der Waals surface area contributed by atoms with Crippen LogP contribution < -0.4 is 4.74 Å². The summed E-state index contributed by atoms with van der Waals surface area (Å²) >= 11 is 0. The lowest BCUT2D eigenvalue weighted by molar-refractivity contribution is 0.409. The summed E-state index contributed by atoms with van der Waals surface area (Å²) < 4.78 is 7.40. The van der Waals surface area contributed by atoms with Crippen LogP contribution in [0.15, 0.2) is 30.5 Å². The molecule has 0 amide bonds. The molecule has 0 bridgehead atoms. The quantitative estimate of drug-likeness (QED) is 0.839. The van der Waals surface area contributed by atoms with Gasteiger partial charge < -0.3 is 4.74 Å². The Morgan fingerprint density at radius 2 is 1.89 bits per heavy atom. The van der Waals surface area contributed by atoms with Crippen molar-refractivity contribution in [3.8, 4) is 17.0 Å². The van der Waals surface area contributed by atoms with Gasteiger partial charge in [0, 0.05) is 12.6 Å². The molecule has 3 nitrogen and oxygen atoms in total. The van der Waals surface area contributed by atoms with Crippen LogP contribution in [-0.4, -0.2) is 16.9 Å². The van der Waals surface area contributed by atoms with Crippen molar-refractivity contribution in [3.05, 3.63) is 36.0 Å². The maximum absolute atomic E-state index is 5.47. The summed E-state index contributed by atoms with van der Waals surface area (Å²) in [6, 6.07) is 8.10. The van der Waals surface area contributed by atoms with Crippen LogP contribution in [0.4, 0.5) is 0 Å². The zero-order valence-electron chi connectivity index (χ0n) is 12.4. The topological polar surface area (TPSA) is 27.1 Å². The lowest BCUT2D eigenvalue weighted by Crippen LogP contribution is -2.10. The third-order valence-electron chi connectivity index (χ3n) is 3.10. The predicted octanol–water partition coefficient (Wildman–Crippen LogP) is 3.68. The number of hydrogen-bond acceptors (Lipinski definition) is 2. The van der Waals surface area contributed by atoms with Gasteiger partial charge in [0.2, 0.25) is 0 Å². The predicted molar refractivity (Wildman–Crippen MR) is 78.4 cm³/mol. The van der Waals surface area contributed by atoms with E-state index in [4.69, 9.17) is 4.74 Å². The summed E-state index contributed by atoms with van der Waals surface area (Å²) in [7, 11) is 3.69. The number of ether oxygens (including phenoxy) is 1. The van der Waals surface area contributed by atoms with E-state index < -0.39 is 0 Å². The number of rotatable bonds is 3. The minimum atomic E-state index is 0.236. The molecule has 1 aromatic carbocycles. The highest BCUT2D eigenvalue weighted by Crippen LogP contribution is 2.34. The van der Waals surface area contributed by atoms with Gasteiger partial charge in [-0.1, -0.05) is 32.9 Å². The second-order valence-corrected chi connectivity index (χ2v) is 6.08. The average molecular weight is 258 g/mol. The monoisotopic (exact) mass is 258 g/mol. The van der Waals surface area contributed by atoms with Gasteiger partial charge in [0.25, 0.3) is 0 Å². The molecule has 0 aliphatic rings. The summed E-state index contributed by atoms with van der Waals surface area (Å²) in [4.78, 5) is 0. The van der Waals surface area contributed by atoms with Gasteiger partial charge in [-0.15, -0.1) is 0 Å². The van der Waals surface area contributed by atoms with Gasteiger partial charge in [-0.05, 0) is 29.5 Å². The van der Waals surface area contributed by atoms with Crippen molar-refractivity contribution in [2.75, 3.05) is 7.11 Å². The van der Waals surface area contributed by atoms with Crippen LogP contribution >= 0.6 is 0 Å². The van der Waals surface area contributed by atoms with E-state index in [2.05, 4.69) is 31.9 Å². The normalized spacial score (nSPS) is 11.6. The number of aryl methyl sites for hydroxylation is 1. The van der Waals surface area contributed by atoms with E-state index in [0.717, 1.165) is 23.4 Å². The number of hydrogen-bond donors (Lipinski definition) is 0. The van der Waals surface area contributed by atoms with Crippen molar-refractivity contribution >= 4 is 0 Å². The molecule has 1 heterocycles. The smallest absolute Gasteiger partial charge is 0.128 e. The van der Waals surface area contributed by atoms with Crippen LogP contribution in [0.25, 0.3) is 11.3 Å². The Kier molecular flexibility index (Phi) is 3.65. The van der Waals surface area contributed by atoms with E-state index >= 15 is 0 Å². The Balaban J connectivity index is 2.52. The Labute approximate surface area is 115 Å². The summed E-state index contributed by atoms with van der Waals surface area (Å²) in [5.41, 5.74) is 3.75. The summed E-state index contributed by atoms with van der Waals surface area (Å²) in [5.74, 6) is 0.890. The number of benzene rings is 1. The van der Waals surface area contributed by atoms with Crippen LogP contribution in [0.2, 0.25) is 0 Å². The zero-order chi connectivity index (χ0) is 14.0. The third kappa shape index (κ3) is 2.98. The SMILES string of the molecule is COc1ccccc1-c1c(CC(C)(C)C)cnn1C. The minimum absolute atomic E-state index is 0.236. The molecule has 0 fully saturated rings. The van der Waals surface area contributed by atoms with Crippen molar-refractivity contribution in [1.82, 2.24) is 9.78 Å². The van der Waals surface area contributed by atoms with E-state index in [1.165, 1.54) is 5.56 Å². The molecular formula is C16H22N2O. The lowest BCUT2D eigenvalue weighted by Gasteiger charge is -2.19. The maximum Gasteiger partial charge on any atom is 0.128 e. The summed E-state index contributed by atoms with van der Waals surface area (Å²) in [5, 5.41) is 4.41. The lowest BCUT2D eigenvalue weighted by atomic mass is 9.87. The molecule has 0 radical (unpaired) electrons. The van der Waals surface area contributed by atoms with E-state index in [-0.39, 0.29) is 5.41 Å². The molecule has 0 unspecified atom stereocenters. The molecule has 0 saturated carbocycles. The highest BCUT2D eigenvalue weighted by Gasteiger charge is 2.19. The molecule has 0 aliphatic heterocycles. The number of methoxy groups -OCH3 is 1. The van der Waals surface area contributed by atoms with E-state index in [1.807, 2.05) is 36.1 Å². The molecule has 19 heavy (non-hydrogen) atoms. The van der Waals surface area contributed by atoms with Crippen LogP contribution in [-0.2, 0) is 13.5 Å². The maximum atomic E-state index is 5.47. The molecule has 0 N–H and O–H groups in total. The van der Waals surface area contributed by atoms with Crippen molar-refractivity contribution in [3.63, 3.8) is 0 Å². The average Bonchev–Trinajstić information content (AvgIpc) is 2.68. The largest absolute Gasteiger partial charge is 0.496 e. The molecular weight excluding hydrogens is 236 g/mol. The number of nitrogens with zero attached hydrogens (tertiary/aromatic N) is 2. The second-order valence-electron chi connectivity index (χ2n) is 6.08. The van der Waals surface area contributed by atoms with Crippen molar-refractivity contribution in [2.24, 2.45) is 12.5 Å². The van der Waals surface area contributed by atoms with Crippen LogP contribution in [0, 0.1) is 5.41 Å². The Hall–Kier alpha value is -1.77. The highest BCUT2D eigenvalue weighted by atomic mass is 16.5. The minimum Gasteiger partial charge on any atom is -0.496 e. The van der Waals surface area contributed by atoms with Gasteiger partial charge in [0.15, 0.2) is 0 Å². The van der Waals surface area contributed by atoms with Crippen molar-refractivity contribution in [1.29, 1.82) is 0 Å². The van der Waals surface area contributed by atoms with Crippen LogP contribution in [0.1, 0.15) is 26.3 Å². The van der Waals surface area contributed by atoms with E-state index in [0.29, 0.717) is 0 Å². The molecule has 2 aromatic rings. The molecule has 0 aliphatic carbocycles. The fourth-order valence-electron chi connectivity index (χ4n) is 2.37. The van der Waals surface area contributed by atoms with Crippen molar-refractivity contribution < 1.29 is 4.74 Å². The van der Waals surface area contributed by atoms with Gasteiger partial charge >= 0.3 is 0 Å². The van der Waals surface area contributed by atoms with Gasteiger partial charge in [-0.3, -0.25) is 4.68 Å². The summed E-state index contributed by atoms with van der Waals surface area (Å²) in [6.07, 6.45) is 2.96. The molecule has 0 spiro atoms. The van der Waals surface area contributed by atoms with E-state index in [9.17, 15) is 0 Å². The Morgan fingerprint density at radius 1 is 1.21 bits per heavy atom. The molecule has 0 atom stereocenters. The van der Waals surface area contributed by atoms with Gasteiger partial charge in [0.05, 0.1) is 19.0 Å². The molecule has 2 rings (SSSR count). The Bertz CT molecular complexity index is 564. The van der Waals surface area contributed by atoms with Crippen LogP contribution in [0.5, 0.6) is 5.75 Å². The standard InChI is InChI=1S/C16H22N2O/c1-16(2,3)10-12-11-17-18(4)15(12)13-8-6-7-9-14(13)19-5/h6-9,11H,10H2,1-5H3. The number of aromatic nitrogens is 2. The first kappa shape index (κ1) is 13.7. The first-order valence-corrected chi connectivity index (χ1v) is 6.56. The molecule has 1 aromatic heterocycles. The highest BCUT2D eigenvalue weighted by molar-refractivity contribution is 5.70. The molecule has 102 valence electrons. The second kappa shape index (κ2) is 5.08. The third-order valence-corrected chi connectivity index (χ3v) is 3.10. The van der Waals surface area contributed by atoms with Gasteiger partial charge in [-0.2, -0.15) is 5.10 Å². The van der Waals surface area contributed by atoms with Gasteiger partial charge in [0.1, 0.15) is 5.75 Å². The van der Waals surface area contributed by atoms with E-state index in [1.54, 1.807) is 7.11 Å². The zero-order valence-corrected chi connectivity index (χ0v) is 12.4. The van der Waals surface area contributed by atoms with Crippen molar-refractivity contribution in [2.45, 2.75) is 27.2 Å². The molecule has 0 saturated heterocycles. The number of para-hydroxylation sites is 1. The fraction of sp³-hybridized carbons (Fsp3) is 0.438. The Morgan fingerprint density at radius 3 is 2.53 bits per heavy atom. The van der Waals surface area contributed by atoms with Gasteiger partial charge in [-0.25, -0.2) is 0 Å².